The maximum absolute atomic E-state index is 11.5. The van der Waals surface area contributed by atoms with Crippen LogP contribution in [0.25, 0.3) is 0 Å². The molecule has 0 aromatic heterocycles. The second kappa shape index (κ2) is 11.4. The van der Waals surface area contributed by atoms with Crippen molar-refractivity contribution in [3.8, 4) is 0 Å². The number of likely N-dealkylation sites (N-methyl/N-ethyl adjacent to an activating group) is 1. The Kier molecular flexibility index (Phi) is 8.08. The van der Waals surface area contributed by atoms with Crippen molar-refractivity contribution in [3.63, 3.8) is 0 Å². The van der Waals surface area contributed by atoms with Crippen molar-refractivity contribution in [2.45, 2.75) is 45.0 Å². The number of anilines is 1. The van der Waals surface area contributed by atoms with E-state index in [-0.39, 0.29) is 24.7 Å². The molecule has 0 aliphatic carbocycles. The van der Waals surface area contributed by atoms with Crippen LogP contribution >= 0.6 is 0 Å². The minimum atomic E-state index is -0.555. The van der Waals surface area contributed by atoms with Gasteiger partial charge in [-0.3, -0.25) is 9.69 Å². The van der Waals surface area contributed by atoms with Crippen LogP contribution in [0.1, 0.15) is 48.0 Å². The Balaban J connectivity index is 1.53. The minimum Gasteiger partial charge on any atom is -0.392 e. The molecule has 0 spiro atoms. The zero-order valence-corrected chi connectivity index (χ0v) is 19.7. The highest BCUT2D eigenvalue weighted by atomic mass is 16.7. The molecule has 0 saturated carbocycles. The third-order valence-electron chi connectivity index (χ3n) is 5.90. The maximum Gasteiger partial charge on any atom is 0.221 e. The van der Waals surface area contributed by atoms with Crippen LogP contribution in [0.5, 0.6) is 0 Å². The van der Waals surface area contributed by atoms with E-state index in [0.29, 0.717) is 5.69 Å². The molecule has 3 aromatic carbocycles. The number of aliphatic hydroxyl groups excluding tert-OH is 1. The minimum absolute atomic E-state index is 0.0143. The normalized spacial score (nSPS) is 20.3. The first kappa shape index (κ1) is 24.1. The van der Waals surface area contributed by atoms with Crippen molar-refractivity contribution in [3.05, 3.63) is 101 Å². The van der Waals surface area contributed by atoms with Crippen LogP contribution in [0.2, 0.25) is 0 Å². The third kappa shape index (κ3) is 6.52. The number of aliphatic hydroxyl groups is 1. The summed E-state index contributed by atoms with van der Waals surface area (Å²) in [4.78, 5) is 13.8. The highest BCUT2D eigenvalue weighted by molar-refractivity contribution is 5.88. The van der Waals surface area contributed by atoms with E-state index in [9.17, 15) is 9.90 Å². The highest BCUT2D eigenvalue weighted by Gasteiger charge is 2.32. The largest absolute Gasteiger partial charge is 0.392 e. The van der Waals surface area contributed by atoms with Crippen molar-refractivity contribution in [2.24, 2.45) is 0 Å². The number of rotatable bonds is 8. The molecule has 1 fully saturated rings. The monoisotopic (exact) mass is 460 g/mol. The fourth-order valence-electron chi connectivity index (χ4n) is 4.31. The topological polar surface area (TPSA) is 71.0 Å². The second-order valence-corrected chi connectivity index (χ2v) is 8.84. The number of hydrogen-bond acceptors (Lipinski definition) is 5. The SMILES string of the molecule is CC(=O)Nc1cccc([C@H]2O[C@@H](CN(C)Cc3ccccc3)C[C@@H](c3ccc(CO)cc3)O2)c1. The Bertz CT molecular complexity index is 1070. The number of nitrogens with one attached hydrogen (secondary N) is 1. The fraction of sp³-hybridized carbons (Fsp3) is 0.321. The quantitative estimate of drug-likeness (QED) is 0.505. The summed E-state index contributed by atoms with van der Waals surface area (Å²) in [7, 11) is 2.10. The Morgan fingerprint density at radius 2 is 1.74 bits per heavy atom. The standard InChI is InChI=1S/C28H32N2O4/c1-20(32)29-25-10-6-9-24(15-25)28-33-26(18-30(2)17-21-7-4-3-5-8-21)16-27(34-28)23-13-11-22(19-31)12-14-23/h3-15,26-28,31H,16-19H2,1-2H3,(H,29,32)/t26-,27+,28+/m1/s1. The van der Waals surface area contributed by atoms with E-state index in [0.717, 1.165) is 36.2 Å². The van der Waals surface area contributed by atoms with E-state index in [2.05, 4.69) is 41.5 Å². The van der Waals surface area contributed by atoms with Gasteiger partial charge in [0.1, 0.15) is 0 Å². The van der Waals surface area contributed by atoms with Gasteiger partial charge in [0.2, 0.25) is 5.91 Å². The molecule has 1 aliphatic rings. The van der Waals surface area contributed by atoms with Crippen LogP contribution in [-0.4, -0.2) is 35.6 Å². The van der Waals surface area contributed by atoms with E-state index in [1.54, 1.807) is 0 Å². The number of nitrogens with zero attached hydrogens (tertiary/aromatic N) is 1. The predicted octanol–water partition coefficient (Wildman–Crippen LogP) is 4.81. The molecule has 1 aliphatic heterocycles. The zero-order chi connectivity index (χ0) is 23.9. The summed E-state index contributed by atoms with van der Waals surface area (Å²) in [5.74, 6) is -0.120. The average molecular weight is 461 g/mol. The number of ether oxygens (including phenoxy) is 2. The van der Waals surface area contributed by atoms with E-state index in [4.69, 9.17) is 9.47 Å². The van der Waals surface area contributed by atoms with Crippen LogP contribution in [-0.2, 0) is 27.4 Å². The average Bonchev–Trinajstić information content (AvgIpc) is 2.84. The highest BCUT2D eigenvalue weighted by Crippen LogP contribution is 2.38. The van der Waals surface area contributed by atoms with Crippen LogP contribution in [0.3, 0.4) is 0 Å². The van der Waals surface area contributed by atoms with Crippen LogP contribution in [0.4, 0.5) is 5.69 Å². The van der Waals surface area contributed by atoms with E-state index in [1.807, 2.05) is 54.6 Å². The smallest absolute Gasteiger partial charge is 0.221 e. The number of carbonyl (C=O) groups excluding carboxylic acids is 1. The van der Waals surface area contributed by atoms with Crippen LogP contribution in [0.15, 0.2) is 78.9 Å². The third-order valence-corrected chi connectivity index (χ3v) is 5.90. The van der Waals surface area contributed by atoms with Crippen molar-refractivity contribution in [2.75, 3.05) is 18.9 Å². The van der Waals surface area contributed by atoms with Gasteiger partial charge in [-0.1, -0.05) is 66.7 Å². The Morgan fingerprint density at radius 1 is 0.971 bits per heavy atom. The number of benzene rings is 3. The summed E-state index contributed by atoms with van der Waals surface area (Å²) in [6.07, 6.45) is -0.0232. The van der Waals surface area contributed by atoms with Gasteiger partial charge in [-0.05, 0) is 35.9 Å². The van der Waals surface area contributed by atoms with Crippen molar-refractivity contribution < 1.29 is 19.4 Å². The second-order valence-electron chi connectivity index (χ2n) is 8.84. The van der Waals surface area contributed by atoms with Gasteiger partial charge >= 0.3 is 0 Å². The van der Waals surface area contributed by atoms with E-state index < -0.39 is 6.29 Å². The van der Waals surface area contributed by atoms with Crippen LogP contribution in [0, 0.1) is 0 Å². The van der Waals surface area contributed by atoms with Gasteiger partial charge in [0.05, 0.1) is 18.8 Å². The number of carbonyl (C=O) groups is 1. The van der Waals surface area contributed by atoms with Gasteiger partial charge in [-0.15, -0.1) is 0 Å². The van der Waals surface area contributed by atoms with Gasteiger partial charge in [0.15, 0.2) is 6.29 Å². The lowest BCUT2D eigenvalue weighted by Crippen LogP contribution is -2.37. The summed E-state index contributed by atoms with van der Waals surface area (Å²) in [6.45, 7) is 3.09. The Hall–Kier alpha value is -3.03. The summed E-state index contributed by atoms with van der Waals surface area (Å²) in [6, 6.07) is 25.9. The molecule has 6 nitrogen and oxygen atoms in total. The Labute approximate surface area is 201 Å². The molecule has 1 saturated heterocycles. The lowest BCUT2D eigenvalue weighted by atomic mass is 9.99. The molecule has 6 heteroatoms. The summed E-state index contributed by atoms with van der Waals surface area (Å²) < 4.78 is 12.8. The van der Waals surface area contributed by atoms with E-state index >= 15 is 0 Å². The molecule has 34 heavy (non-hydrogen) atoms. The van der Waals surface area contributed by atoms with Crippen LogP contribution < -0.4 is 5.32 Å². The molecule has 0 bridgehead atoms. The zero-order valence-electron chi connectivity index (χ0n) is 19.7. The van der Waals surface area contributed by atoms with Gasteiger partial charge in [-0.2, -0.15) is 0 Å². The van der Waals surface area contributed by atoms with Crippen molar-refractivity contribution >= 4 is 11.6 Å². The lowest BCUT2D eigenvalue weighted by molar-refractivity contribution is -0.252. The molecular weight excluding hydrogens is 428 g/mol. The Morgan fingerprint density at radius 3 is 2.44 bits per heavy atom. The molecule has 2 N–H and O–H groups in total. The first-order valence-electron chi connectivity index (χ1n) is 11.6. The fourth-order valence-corrected chi connectivity index (χ4v) is 4.31. The number of hydrogen-bond donors (Lipinski definition) is 2. The molecule has 1 heterocycles. The number of amides is 1. The molecular formula is C28H32N2O4. The van der Waals surface area contributed by atoms with Crippen molar-refractivity contribution in [1.29, 1.82) is 0 Å². The molecule has 1 amide bonds. The molecule has 4 rings (SSSR count). The van der Waals surface area contributed by atoms with Crippen molar-refractivity contribution in [1.82, 2.24) is 4.90 Å². The molecule has 3 aromatic rings. The summed E-state index contributed by atoms with van der Waals surface area (Å²) >= 11 is 0. The molecule has 178 valence electrons. The van der Waals surface area contributed by atoms with E-state index in [1.165, 1.54) is 12.5 Å². The van der Waals surface area contributed by atoms with Gasteiger partial charge < -0.3 is 19.9 Å². The molecule has 0 radical (unpaired) electrons. The molecule has 3 atom stereocenters. The predicted molar refractivity (Wildman–Crippen MR) is 132 cm³/mol. The summed E-state index contributed by atoms with van der Waals surface area (Å²) in [5, 5.41) is 12.2. The first-order valence-corrected chi connectivity index (χ1v) is 11.6. The van der Waals surface area contributed by atoms with Gasteiger partial charge in [-0.25, -0.2) is 0 Å². The first-order chi connectivity index (χ1) is 16.5. The summed E-state index contributed by atoms with van der Waals surface area (Å²) in [5.41, 5.74) is 4.75. The van der Waals surface area contributed by atoms with Gasteiger partial charge in [0.25, 0.3) is 0 Å². The molecule has 0 unspecified atom stereocenters. The lowest BCUT2D eigenvalue weighted by Gasteiger charge is -2.38. The maximum atomic E-state index is 11.5. The van der Waals surface area contributed by atoms with Gasteiger partial charge in [0, 0.05) is 37.7 Å².